The van der Waals surface area contributed by atoms with E-state index in [1.807, 2.05) is 0 Å². The number of hydrogen-bond acceptors (Lipinski definition) is 28. The maximum absolute atomic E-state index is 12.6. The van der Waals surface area contributed by atoms with Gasteiger partial charge in [-0.1, -0.05) is 34.4 Å². The van der Waals surface area contributed by atoms with Gasteiger partial charge >= 0.3 is 0 Å². The van der Waals surface area contributed by atoms with Gasteiger partial charge in [0, 0.05) is 54.2 Å². The van der Waals surface area contributed by atoms with Crippen LogP contribution in [0.3, 0.4) is 0 Å². The van der Waals surface area contributed by atoms with Gasteiger partial charge in [-0.15, -0.1) is 8.67 Å². The summed E-state index contributed by atoms with van der Waals surface area (Å²) in [6, 6.07) is 8.43. The van der Waals surface area contributed by atoms with Crippen LogP contribution in [0.15, 0.2) is 51.2 Å². The van der Waals surface area contributed by atoms with Gasteiger partial charge in [0.25, 0.3) is 26.2 Å². The van der Waals surface area contributed by atoms with Crippen molar-refractivity contribution in [1.29, 1.82) is 0 Å². The molecule has 32 heteroatoms. The van der Waals surface area contributed by atoms with Gasteiger partial charge in [-0.05, 0) is 35.4 Å². The Morgan fingerprint density at radius 2 is 1.24 bits per heavy atom. The van der Waals surface area contributed by atoms with Crippen LogP contribution in [0.4, 0.5) is 47.1 Å². The van der Waals surface area contributed by atoms with Crippen LogP contribution in [0.25, 0.3) is 12.2 Å². The molecule has 13 N–H and O–H groups in total. The van der Waals surface area contributed by atoms with E-state index in [9.17, 15) is 31.6 Å². The zero-order chi connectivity index (χ0) is 45.1. The number of aliphatic imine (C=N–C) groups is 1. The van der Waals surface area contributed by atoms with Gasteiger partial charge in [-0.3, -0.25) is 9.11 Å². The molecule has 4 rings (SSSR count). The number of aliphatic hydroxyl groups excluding tert-OH is 4. The lowest BCUT2D eigenvalue weighted by Gasteiger charge is -2.13. The second-order valence-electron chi connectivity index (χ2n) is 11.8. The number of aliphatic hydroxyl groups is 4. The third kappa shape index (κ3) is 17.4. The zero-order valence-corrected chi connectivity index (χ0v) is 34.7. The fourth-order valence-corrected chi connectivity index (χ4v) is 6.28. The average molecular weight is 951 g/mol. The van der Waals surface area contributed by atoms with Crippen LogP contribution in [0, 0.1) is 0 Å². The SMILES string of the molecule is O=S(=O)(O)CCNc1nc(NCC(O)CO)nc(Nc2ccc(C=Cc3ccc(Nc4nc(N=CCSOOO)nc(NCC(O)CO)n4)cc3S(=O)(=O)O)c(SOOO)c2)n1. The first-order valence-corrected chi connectivity index (χ1v) is 21.8. The first-order valence-electron chi connectivity index (χ1n) is 17.1. The molecule has 0 saturated carbocycles. The van der Waals surface area contributed by atoms with Crippen molar-refractivity contribution in [2.45, 2.75) is 22.0 Å². The van der Waals surface area contributed by atoms with Crippen molar-refractivity contribution in [3.63, 3.8) is 0 Å². The minimum absolute atomic E-state index is 0.00828. The van der Waals surface area contributed by atoms with Crippen LogP contribution in [-0.2, 0) is 39.0 Å². The summed E-state index contributed by atoms with van der Waals surface area (Å²) in [5.41, 5.74) is 0.757. The third-order valence-electron chi connectivity index (χ3n) is 7.16. The molecule has 28 nitrogen and oxygen atoms in total. The molecule has 2 atom stereocenters. The molecule has 2 aromatic carbocycles. The number of nitrogens with one attached hydrogen (secondary N) is 5. The second-order valence-corrected chi connectivity index (χ2v) is 16.2. The van der Waals surface area contributed by atoms with E-state index >= 15 is 0 Å². The monoisotopic (exact) mass is 950 g/mol. The predicted octanol–water partition coefficient (Wildman–Crippen LogP) is 0.991. The molecule has 0 radical (unpaired) electrons. The summed E-state index contributed by atoms with van der Waals surface area (Å²) in [7, 11) is -9.19. The van der Waals surface area contributed by atoms with Crippen LogP contribution in [0.5, 0.6) is 0 Å². The fourth-order valence-electron chi connectivity index (χ4n) is 4.47. The molecule has 0 aliphatic rings. The molecule has 62 heavy (non-hydrogen) atoms. The first kappa shape index (κ1) is 49.6. The molecule has 338 valence electrons. The highest BCUT2D eigenvalue weighted by molar-refractivity contribution is 7.95. The van der Waals surface area contributed by atoms with Crippen LogP contribution in [0.1, 0.15) is 11.1 Å². The number of benzene rings is 2. The number of aromatic nitrogens is 6. The minimum atomic E-state index is -4.87. The summed E-state index contributed by atoms with van der Waals surface area (Å²) in [6.07, 6.45) is 1.77. The highest BCUT2D eigenvalue weighted by atomic mass is 32.2. The van der Waals surface area contributed by atoms with Crippen molar-refractivity contribution >= 4 is 110 Å². The standard InChI is InChI=1S/C30H38N12O16S4/c43-15-21(45)13-33-27-37-25(31-7-9-59-57-55-47)39-30(42-27)36-20-6-4-18(24(12-20)62(52,53)54)2-1-17-3-5-19(11-23(17)60-58-56-48)35-29-40-26(32-8-10-61(49,50)51)38-28(41-29)34-14-22(46)16-44/h1-7,11-12,21-22,43-48H,8-10,13-16H2,(H,49,50,51)(H,52,53,54)(H2,33,36,37,39,42)(H3,32,34,35,38,40,41). The van der Waals surface area contributed by atoms with E-state index < -0.39 is 56.3 Å². The van der Waals surface area contributed by atoms with Crippen LogP contribution in [0.2, 0.25) is 0 Å². The molecule has 0 aliphatic carbocycles. The molecule has 0 amide bonds. The second kappa shape index (κ2) is 24.6. The molecular weight excluding hydrogens is 913 g/mol. The van der Waals surface area contributed by atoms with Gasteiger partial charge in [-0.2, -0.15) is 46.7 Å². The quantitative estimate of drug-likeness (QED) is 0.00754. The highest BCUT2D eigenvalue weighted by Gasteiger charge is 2.18. The predicted molar refractivity (Wildman–Crippen MR) is 222 cm³/mol. The summed E-state index contributed by atoms with van der Waals surface area (Å²) >= 11 is 1.22. The normalized spacial score (nSPS) is 13.0. The van der Waals surface area contributed by atoms with Crippen molar-refractivity contribution in [1.82, 2.24) is 29.9 Å². The van der Waals surface area contributed by atoms with Gasteiger partial charge in [0.15, 0.2) is 0 Å². The Morgan fingerprint density at radius 1 is 0.710 bits per heavy atom. The third-order valence-corrected chi connectivity index (χ3v) is 9.89. The van der Waals surface area contributed by atoms with Crippen molar-refractivity contribution in [3.8, 4) is 0 Å². The fraction of sp³-hybridized carbons (Fsp3) is 0.300. The Labute approximate surface area is 359 Å². The van der Waals surface area contributed by atoms with Gasteiger partial charge in [0.1, 0.15) is 4.90 Å². The maximum atomic E-state index is 12.6. The van der Waals surface area contributed by atoms with Crippen LogP contribution in [-0.4, -0.2) is 150 Å². The summed E-state index contributed by atoms with van der Waals surface area (Å²) in [5.74, 6) is -1.32. The Hall–Kier alpha value is -5.01. The summed E-state index contributed by atoms with van der Waals surface area (Å²) in [6.45, 7) is -1.73. The van der Waals surface area contributed by atoms with E-state index in [0.29, 0.717) is 35.3 Å². The van der Waals surface area contributed by atoms with Gasteiger partial charge in [-0.25, -0.2) is 15.5 Å². The number of rotatable bonds is 27. The molecular formula is C30H38N12O16S4. The van der Waals surface area contributed by atoms with Crippen molar-refractivity contribution in [3.05, 3.63) is 47.5 Å². The van der Waals surface area contributed by atoms with E-state index in [-0.39, 0.29) is 77.2 Å². The molecule has 0 saturated heterocycles. The molecule has 2 unspecified atom stereocenters. The smallest absolute Gasteiger partial charge is 0.295 e. The van der Waals surface area contributed by atoms with E-state index in [4.69, 9.17) is 25.3 Å². The van der Waals surface area contributed by atoms with E-state index in [1.54, 1.807) is 0 Å². The van der Waals surface area contributed by atoms with Crippen LogP contribution < -0.4 is 26.6 Å². The van der Waals surface area contributed by atoms with Gasteiger partial charge in [0.2, 0.25) is 29.7 Å². The molecule has 2 heterocycles. The molecule has 0 spiro atoms. The summed E-state index contributed by atoms with van der Waals surface area (Å²) in [5, 5.41) is 75.9. The van der Waals surface area contributed by atoms with Crippen molar-refractivity contribution in [2.75, 3.05) is 70.9 Å². The zero-order valence-electron chi connectivity index (χ0n) is 31.4. The number of anilines is 7. The first-order chi connectivity index (χ1) is 29.6. The Kier molecular flexibility index (Phi) is 19.7. The largest absolute Gasteiger partial charge is 0.394 e. The Balaban J connectivity index is 1.61. The molecule has 0 fully saturated rings. The van der Waals surface area contributed by atoms with Gasteiger partial charge < -0.3 is 47.0 Å². The van der Waals surface area contributed by atoms with E-state index in [1.165, 1.54) is 48.7 Å². The molecule has 2 aromatic heterocycles. The molecule has 0 aliphatic heterocycles. The van der Waals surface area contributed by atoms with Crippen molar-refractivity contribution in [2.24, 2.45) is 4.99 Å². The maximum Gasteiger partial charge on any atom is 0.295 e. The lowest BCUT2D eigenvalue weighted by atomic mass is 10.1. The van der Waals surface area contributed by atoms with E-state index in [0.717, 1.165) is 6.07 Å². The highest BCUT2D eigenvalue weighted by Crippen LogP contribution is 2.31. The van der Waals surface area contributed by atoms with Crippen LogP contribution >= 0.6 is 24.1 Å². The summed E-state index contributed by atoms with van der Waals surface area (Å²) in [4.78, 5) is 28.6. The number of nitrogens with zero attached hydrogens (tertiary/aromatic N) is 7. The van der Waals surface area contributed by atoms with E-state index in [2.05, 4.69) is 80.2 Å². The average Bonchev–Trinajstić information content (AvgIpc) is 3.22. The molecule has 0 bridgehead atoms. The number of hydrogen-bond donors (Lipinski definition) is 13. The molecule has 4 aromatic rings. The Bertz CT molecular complexity index is 2370. The lowest BCUT2D eigenvalue weighted by molar-refractivity contribution is -0.432. The lowest BCUT2D eigenvalue weighted by Crippen LogP contribution is -2.24. The minimum Gasteiger partial charge on any atom is -0.394 e. The van der Waals surface area contributed by atoms with Gasteiger partial charge in [0.05, 0.1) is 49.0 Å². The van der Waals surface area contributed by atoms with Crippen molar-refractivity contribution < 1.29 is 75.6 Å². The topological polar surface area (TPSA) is 417 Å². The Morgan fingerprint density at radius 3 is 1.84 bits per heavy atom. The summed E-state index contributed by atoms with van der Waals surface area (Å²) < 4.78 is 75.7.